The summed E-state index contributed by atoms with van der Waals surface area (Å²) in [4.78, 5) is 21.8. The van der Waals surface area contributed by atoms with E-state index >= 15 is 0 Å². The summed E-state index contributed by atoms with van der Waals surface area (Å²) < 4.78 is 0. The molecule has 17 heavy (non-hydrogen) atoms. The minimum absolute atomic E-state index is 0.0842. The third kappa shape index (κ3) is 5.46. The number of rotatable bonds is 7. The number of hydrogen-bond acceptors (Lipinski definition) is 4. The topological polar surface area (TPSA) is 92.4 Å². The normalized spacial score (nSPS) is 12.1. The van der Waals surface area contributed by atoms with E-state index in [1.54, 1.807) is 11.3 Å². The van der Waals surface area contributed by atoms with Crippen molar-refractivity contribution in [2.75, 3.05) is 6.54 Å². The van der Waals surface area contributed by atoms with Crippen molar-refractivity contribution in [2.45, 2.75) is 25.3 Å². The fourth-order valence-electron chi connectivity index (χ4n) is 1.31. The van der Waals surface area contributed by atoms with Gasteiger partial charge in [0.05, 0.1) is 6.04 Å². The second-order valence-corrected chi connectivity index (χ2v) is 4.49. The van der Waals surface area contributed by atoms with Crippen molar-refractivity contribution in [3.05, 3.63) is 22.4 Å². The predicted molar refractivity (Wildman–Crippen MR) is 65.9 cm³/mol. The van der Waals surface area contributed by atoms with Crippen LogP contribution in [-0.4, -0.2) is 29.6 Å². The quantitative estimate of drug-likeness (QED) is 0.666. The Morgan fingerprint density at radius 2 is 2.29 bits per heavy atom. The van der Waals surface area contributed by atoms with E-state index in [1.165, 1.54) is 5.56 Å². The third-order valence-electron chi connectivity index (χ3n) is 2.30. The fraction of sp³-hybridized carbons (Fsp3) is 0.455. The fourth-order valence-corrected chi connectivity index (χ4v) is 2.01. The van der Waals surface area contributed by atoms with Gasteiger partial charge in [-0.2, -0.15) is 11.3 Å². The lowest BCUT2D eigenvalue weighted by atomic mass is 10.1. The Kier molecular flexibility index (Phi) is 5.65. The molecule has 0 radical (unpaired) electrons. The first-order valence-electron chi connectivity index (χ1n) is 5.35. The first-order valence-corrected chi connectivity index (χ1v) is 6.30. The molecule has 4 N–H and O–H groups in total. The molecule has 1 unspecified atom stereocenters. The standard InChI is InChI=1S/C11H16N2O3S/c12-9(1-2-10(14)15)11(16)13-5-3-8-4-6-17-7-8/h4,6-7,9H,1-3,5,12H2,(H,13,16)(H,14,15). The van der Waals surface area contributed by atoms with E-state index in [0.717, 1.165) is 6.42 Å². The van der Waals surface area contributed by atoms with Crippen LogP contribution in [0.4, 0.5) is 0 Å². The first kappa shape index (κ1) is 13.7. The molecule has 0 aliphatic rings. The molecule has 1 atom stereocenters. The maximum absolute atomic E-state index is 11.5. The van der Waals surface area contributed by atoms with Crippen LogP contribution in [0.5, 0.6) is 0 Å². The Labute approximate surface area is 104 Å². The van der Waals surface area contributed by atoms with Crippen LogP contribution in [0.15, 0.2) is 16.8 Å². The Morgan fingerprint density at radius 3 is 2.88 bits per heavy atom. The molecule has 0 spiro atoms. The highest BCUT2D eigenvalue weighted by Crippen LogP contribution is 2.05. The van der Waals surface area contributed by atoms with Crippen LogP contribution in [-0.2, 0) is 16.0 Å². The van der Waals surface area contributed by atoms with E-state index in [2.05, 4.69) is 5.32 Å². The van der Waals surface area contributed by atoms with Gasteiger partial charge in [-0.1, -0.05) is 0 Å². The van der Waals surface area contributed by atoms with E-state index < -0.39 is 12.0 Å². The van der Waals surface area contributed by atoms with Crippen molar-refractivity contribution >= 4 is 23.2 Å². The number of thiophene rings is 1. The minimum atomic E-state index is -0.938. The number of nitrogens with two attached hydrogens (primary N) is 1. The predicted octanol–water partition coefficient (Wildman–Crippen LogP) is 0.599. The average molecular weight is 256 g/mol. The molecule has 1 heterocycles. The highest BCUT2D eigenvalue weighted by molar-refractivity contribution is 7.07. The lowest BCUT2D eigenvalue weighted by Gasteiger charge is -2.10. The lowest BCUT2D eigenvalue weighted by molar-refractivity contribution is -0.137. The summed E-state index contributed by atoms with van der Waals surface area (Å²) in [6, 6.07) is 1.26. The number of aliphatic carboxylic acids is 1. The van der Waals surface area contributed by atoms with Gasteiger partial charge < -0.3 is 16.2 Å². The number of nitrogens with one attached hydrogen (secondary N) is 1. The van der Waals surface area contributed by atoms with Crippen LogP contribution < -0.4 is 11.1 Å². The molecule has 0 fully saturated rings. The van der Waals surface area contributed by atoms with E-state index in [4.69, 9.17) is 10.8 Å². The number of carboxylic acids is 1. The van der Waals surface area contributed by atoms with E-state index in [1.807, 2.05) is 16.8 Å². The highest BCUT2D eigenvalue weighted by Gasteiger charge is 2.13. The van der Waals surface area contributed by atoms with E-state index in [9.17, 15) is 9.59 Å². The maximum Gasteiger partial charge on any atom is 0.303 e. The highest BCUT2D eigenvalue weighted by atomic mass is 32.1. The smallest absolute Gasteiger partial charge is 0.303 e. The average Bonchev–Trinajstić information content (AvgIpc) is 2.78. The summed E-state index contributed by atoms with van der Waals surface area (Å²) in [5.41, 5.74) is 6.73. The molecule has 0 aliphatic carbocycles. The van der Waals surface area contributed by atoms with Crippen LogP contribution >= 0.6 is 11.3 Å². The van der Waals surface area contributed by atoms with Gasteiger partial charge >= 0.3 is 5.97 Å². The second kappa shape index (κ2) is 7.03. The summed E-state index contributed by atoms with van der Waals surface area (Å²) in [5, 5.41) is 15.2. The van der Waals surface area contributed by atoms with Gasteiger partial charge in [-0.25, -0.2) is 0 Å². The third-order valence-corrected chi connectivity index (χ3v) is 3.03. The summed E-state index contributed by atoms with van der Waals surface area (Å²) >= 11 is 1.61. The molecule has 0 saturated heterocycles. The molecule has 94 valence electrons. The van der Waals surface area contributed by atoms with Gasteiger partial charge in [0.25, 0.3) is 0 Å². The zero-order valence-corrected chi connectivity index (χ0v) is 10.2. The summed E-state index contributed by atoms with van der Waals surface area (Å²) in [7, 11) is 0. The molecule has 1 aromatic heterocycles. The van der Waals surface area contributed by atoms with Crippen molar-refractivity contribution in [3.63, 3.8) is 0 Å². The van der Waals surface area contributed by atoms with Gasteiger partial charge in [0.2, 0.25) is 5.91 Å². The van der Waals surface area contributed by atoms with Crippen molar-refractivity contribution in [1.82, 2.24) is 5.32 Å². The largest absolute Gasteiger partial charge is 0.481 e. The SMILES string of the molecule is NC(CCC(=O)O)C(=O)NCCc1ccsc1. The van der Waals surface area contributed by atoms with Gasteiger partial charge in [-0.15, -0.1) is 0 Å². The molecule has 6 heteroatoms. The summed E-state index contributed by atoms with van der Waals surface area (Å²) in [6.07, 6.45) is 0.847. The zero-order valence-electron chi connectivity index (χ0n) is 9.39. The van der Waals surface area contributed by atoms with Crippen LogP contribution in [0.2, 0.25) is 0 Å². The maximum atomic E-state index is 11.5. The summed E-state index contributed by atoms with van der Waals surface area (Å²) in [6.45, 7) is 0.524. The van der Waals surface area contributed by atoms with E-state index in [-0.39, 0.29) is 18.7 Å². The van der Waals surface area contributed by atoms with Gasteiger partial charge in [0.1, 0.15) is 0 Å². The molecular formula is C11H16N2O3S. The molecule has 1 amide bonds. The van der Waals surface area contributed by atoms with Crippen molar-refractivity contribution in [3.8, 4) is 0 Å². The van der Waals surface area contributed by atoms with Gasteiger partial charge in [0, 0.05) is 13.0 Å². The number of carbonyl (C=O) groups is 2. The molecule has 5 nitrogen and oxygen atoms in total. The summed E-state index contributed by atoms with van der Waals surface area (Å²) in [5.74, 6) is -1.23. The Bertz CT molecular complexity index is 365. The number of carboxylic acid groups (broad SMARTS) is 1. The minimum Gasteiger partial charge on any atom is -0.481 e. The van der Waals surface area contributed by atoms with Crippen LogP contribution in [0.25, 0.3) is 0 Å². The number of amides is 1. The van der Waals surface area contributed by atoms with Crippen LogP contribution in [0, 0.1) is 0 Å². The molecule has 1 rings (SSSR count). The number of carbonyl (C=O) groups excluding carboxylic acids is 1. The Morgan fingerprint density at radius 1 is 1.53 bits per heavy atom. The van der Waals surface area contributed by atoms with Gasteiger partial charge in [-0.3, -0.25) is 9.59 Å². The lowest BCUT2D eigenvalue weighted by Crippen LogP contribution is -2.41. The molecule has 0 aliphatic heterocycles. The molecular weight excluding hydrogens is 240 g/mol. The van der Waals surface area contributed by atoms with Crippen molar-refractivity contribution < 1.29 is 14.7 Å². The van der Waals surface area contributed by atoms with Crippen molar-refractivity contribution in [1.29, 1.82) is 0 Å². The Balaban J connectivity index is 2.17. The van der Waals surface area contributed by atoms with Crippen molar-refractivity contribution in [2.24, 2.45) is 5.73 Å². The molecule has 1 aromatic rings. The van der Waals surface area contributed by atoms with Gasteiger partial charge in [-0.05, 0) is 35.2 Å². The van der Waals surface area contributed by atoms with Crippen LogP contribution in [0.1, 0.15) is 18.4 Å². The second-order valence-electron chi connectivity index (χ2n) is 3.71. The van der Waals surface area contributed by atoms with Crippen LogP contribution in [0.3, 0.4) is 0 Å². The Hall–Kier alpha value is -1.40. The first-order chi connectivity index (χ1) is 8.09. The monoisotopic (exact) mass is 256 g/mol. The number of hydrogen-bond donors (Lipinski definition) is 3. The molecule has 0 bridgehead atoms. The van der Waals surface area contributed by atoms with Gasteiger partial charge in [0.15, 0.2) is 0 Å². The zero-order chi connectivity index (χ0) is 12.7. The molecule has 0 aromatic carbocycles. The van der Waals surface area contributed by atoms with E-state index in [0.29, 0.717) is 6.54 Å². The molecule has 0 saturated carbocycles.